The van der Waals surface area contributed by atoms with Gasteiger partial charge in [0.15, 0.2) is 0 Å². The number of hydrogen-bond acceptors (Lipinski definition) is 7. The summed E-state index contributed by atoms with van der Waals surface area (Å²) in [6.45, 7) is 4.82. The van der Waals surface area contributed by atoms with Crippen molar-refractivity contribution < 1.29 is 14.6 Å². The van der Waals surface area contributed by atoms with Gasteiger partial charge in [-0.1, -0.05) is 6.07 Å². The molecule has 2 fully saturated rings. The Kier molecular flexibility index (Phi) is 4.66. The molecule has 30 heavy (non-hydrogen) atoms. The number of aliphatic hydroxyl groups is 1. The Morgan fingerprint density at radius 2 is 1.97 bits per heavy atom. The van der Waals surface area contributed by atoms with Gasteiger partial charge in [0.1, 0.15) is 30.1 Å². The molecule has 0 atom stereocenters. The minimum absolute atomic E-state index is 0.0220. The highest BCUT2D eigenvalue weighted by Crippen LogP contribution is 2.40. The number of rotatable bonds is 5. The third-order valence-electron chi connectivity index (χ3n) is 6.05. The lowest BCUT2D eigenvalue weighted by atomic mass is 10.0. The van der Waals surface area contributed by atoms with Gasteiger partial charge in [-0.05, 0) is 37.5 Å². The second-order valence-electron chi connectivity index (χ2n) is 8.32. The van der Waals surface area contributed by atoms with Crippen molar-refractivity contribution in [2.24, 2.45) is 4.99 Å². The lowest BCUT2D eigenvalue weighted by Gasteiger charge is -2.35. The Bertz CT molecular complexity index is 1010. The highest BCUT2D eigenvalue weighted by Gasteiger charge is 2.40. The second kappa shape index (κ2) is 7.36. The fraction of sp³-hybridized carbons (Fsp3) is 0.455. The summed E-state index contributed by atoms with van der Waals surface area (Å²) in [7, 11) is 0. The summed E-state index contributed by atoms with van der Waals surface area (Å²) in [5, 5.41) is 9.05. The topological polar surface area (TPSA) is 91.2 Å². The molecule has 1 aliphatic carbocycles. The van der Waals surface area contributed by atoms with E-state index in [0.717, 1.165) is 41.4 Å². The Balaban J connectivity index is 1.35. The molecular weight excluding hydrogens is 382 g/mol. The van der Waals surface area contributed by atoms with Crippen LogP contribution in [0.3, 0.4) is 0 Å². The summed E-state index contributed by atoms with van der Waals surface area (Å²) in [6, 6.07) is 8.16. The number of nitrogens with zero attached hydrogens (tertiary/aromatic N) is 5. The zero-order valence-corrected chi connectivity index (χ0v) is 17.0. The first kappa shape index (κ1) is 19.0. The van der Waals surface area contributed by atoms with E-state index in [0.29, 0.717) is 32.7 Å². The predicted octanol–water partition coefficient (Wildman–Crippen LogP) is 1.40. The first-order chi connectivity index (χ1) is 14.5. The van der Waals surface area contributed by atoms with E-state index < -0.39 is 6.61 Å². The molecule has 1 amide bonds. The normalized spacial score (nSPS) is 19.3. The van der Waals surface area contributed by atoms with Crippen LogP contribution in [-0.4, -0.2) is 70.0 Å². The van der Waals surface area contributed by atoms with Gasteiger partial charge in [-0.15, -0.1) is 0 Å². The number of carbonyl (C=O) groups excluding carboxylic acids is 1. The molecule has 0 spiro atoms. The van der Waals surface area contributed by atoms with Crippen molar-refractivity contribution in [3.8, 4) is 5.75 Å². The first-order valence-electron chi connectivity index (χ1n) is 10.4. The molecule has 2 aliphatic heterocycles. The van der Waals surface area contributed by atoms with E-state index >= 15 is 0 Å². The van der Waals surface area contributed by atoms with Crippen LogP contribution in [0.2, 0.25) is 0 Å². The number of benzene rings is 1. The van der Waals surface area contributed by atoms with Crippen LogP contribution in [0.5, 0.6) is 5.75 Å². The van der Waals surface area contributed by atoms with Crippen LogP contribution in [0.15, 0.2) is 35.6 Å². The van der Waals surface area contributed by atoms with Crippen LogP contribution in [0.1, 0.15) is 36.6 Å². The SMILES string of the molecule is CC1(Oc2ccc3c(c2)C(c2cc(N4CCN(C(=O)CO)CC4)ncn2)=NC3)CC1. The van der Waals surface area contributed by atoms with E-state index in [1.807, 2.05) is 12.1 Å². The number of hydrogen-bond donors (Lipinski definition) is 1. The smallest absolute Gasteiger partial charge is 0.248 e. The van der Waals surface area contributed by atoms with Crippen molar-refractivity contribution in [2.45, 2.75) is 31.9 Å². The zero-order chi connectivity index (χ0) is 20.7. The molecule has 5 rings (SSSR count). The molecule has 3 aliphatic rings. The quantitative estimate of drug-likeness (QED) is 0.806. The second-order valence-corrected chi connectivity index (χ2v) is 8.32. The summed E-state index contributed by atoms with van der Waals surface area (Å²) >= 11 is 0. The number of ether oxygens (including phenoxy) is 1. The predicted molar refractivity (Wildman–Crippen MR) is 112 cm³/mol. The summed E-state index contributed by atoms with van der Waals surface area (Å²) in [6.07, 6.45) is 3.76. The number of piperazine rings is 1. The number of carbonyl (C=O) groups is 1. The monoisotopic (exact) mass is 407 g/mol. The zero-order valence-electron chi connectivity index (χ0n) is 17.0. The summed E-state index contributed by atoms with van der Waals surface area (Å²) in [5.74, 6) is 1.47. The van der Waals surface area contributed by atoms with Crippen LogP contribution >= 0.6 is 0 Å². The third kappa shape index (κ3) is 3.63. The maximum Gasteiger partial charge on any atom is 0.248 e. The van der Waals surface area contributed by atoms with E-state index in [1.165, 1.54) is 5.56 Å². The van der Waals surface area contributed by atoms with Gasteiger partial charge in [0, 0.05) is 37.8 Å². The minimum atomic E-state index is -0.443. The number of fused-ring (bicyclic) bond motifs is 1. The van der Waals surface area contributed by atoms with Crippen molar-refractivity contribution in [1.82, 2.24) is 14.9 Å². The van der Waals surface area contributed by atoms with Gasteiger partial charge >= 0.3 is 0 Å². The van der Waals surface area contributed by atoms with E-state index in [1.54, 1.807) is 11.2 Å². The average molecular weight is 407 g/mol. The fourth-order valence-electron chi connectivity index (χ4n) is 3.94. The molecule has 1 N–H and O–H groups in total. The van der Waals surface area contributed by atoms with Crippen molar-refractivity contribution in [3.63, 3.8) is 0 Å². The van der Waals surface area contributed by atoms with Gasteiger partial charge in [0.2, 0.25) is 5.91 Å². The number of aliphatic imine (C=N–C) groups is 1. The van der Waals surface area contributed by atoms with E-state index in [9.17, 15) is 4.79 Å². The highest BCUT2D eigenvalue weighted by molar-refractivity contribution is 6.14. The largest absolute Gasteiger partial charge is 0.488 e. The molecule has 2 aromatic rings. The molecule has 1 saturated carbocycles. The van der Waals surface area contributed by atoms with Crippen LogP contribution in [0.25, 0.3) is 0 Å². The number of aromatic nitrogens is 2. The molecule has 0 bridgehead atoms. The van der Waals surface area contributed by atoms with Crippen molar-refractivity contribution >= 4 is 17.4 Å². The summed E-state index contributed by atoms with van der Waals surface area (Å²) in [5.41, 5.74) is 3.89. The molecule has 0 unspecified atom stereocenters. The number of amides is 1. The lowest BCUT2D eigenvalue weighted by molar-refractivity contribution is -0.134. The summed E-state index contributed by atoms with van der Waals surface area (Å²) in [4.78, 5) is 29.1. The van der Waals surface area contributed by atoms with Crippen LogP contribution < -0.4 is 9.64 Å². The van der Waals surface area contributed by atoms with Gasteiger partial charge in [-0.25, -0.2) is 9.97 Å². The molecular formula is C22H25N5O3. The fourth-order valence-corrected chi connectivity index (χ4v) is 3.94. The van der Waals surface area contributed by atoms with E-state index in [2.05, 4.69) is 33.9 Å². The molecule has 1 aromatic carbocycles. The van der Waals surface area contributed by atoms with Gasteiger partial charge < -0.3 is 19.6 Å². The maximum absolute atomic E-state index is 11.7. The molecule has 1 aromatic heterocycles. The van der Waals surface area contributed by atoms with Crippen molar-refractivity contribution in [1.29, 1.82) is 0 Å². The van der Waals surface area contributed by atoms with Gasteiger partial charge in [-0.2, -0.15) is 0 Å². The standard InChI is InChI=1S/C22H25N5O3/c1-22(4-5-22)30-16-3-2-15-12-23-21(17(15)10-16)18-11-19(25-14-24-18)26-6-8-27(9-7-26)20(29)13-28/h2-3,10-11,14,28H,4-9,12-13H2,1H3. The maximum atomic E-state index is 11.7. The Hall–Kier alpha value is -3.00. The molecule has 0 radical (unpaired) electrons. The Morgan fingerprint density at radius 3 is 2.70 bits per heavy atom. The van der Waals surface area contributed by atoms with Gasteiger partial charge in [0.05, 0.1) is 18.0 Å². The minimum Gasteiger partial charge on any atom is -0.488 e. The van der Waals surface area contributed by atoms with Gasteiger partial charge in [-0.3, -0.25) is 9.79 Å². The Labute approximate surface area is 175 Å². The first-order valence-corrected chi connectivity index (χ1v) is 10.4. The Morgan fingerprint density at radius 1 is 1.17 bits per heavy atom. The van der Waals surface area contributed by atoms with Crippen molar-refractivity contribution in [3.05, 3.63) is 47.4 Å². The van der Waals surface area contributed by atoms with Gasteiger partial charge in [0.25, 0.3) is 0 Å². The number of anilines is 1. The summed E-state index contributed by atoms with van der Waals surface area (Å²) < 4.78 is 6.13. The molecule has 8 heteroatoms. The molecule has 8 nitrogen and oxygen atoms in total. The molecule has 156 valence electrons. The van der Waals surface area contributed by atoms with Crippen LogP contribution in [0, 0.1) is 0 Å². The van der Waals surface area contributed by atoms with Crippen LogP contribution in [0.4, 0.5) is 5.82 Å². The molecule has 1 saturated heterocycles. The van der Waals surface area contributed by atoms with E-state index in [-0.39, 0.29) is 11.5 Å². The van der Waals surface area contributed by atoms with Crippen molar-refractivity contribution in [2.75, 3.05) is 37.7 Å². The van der Waals surface area contributed by atoms with Crippen LogP contribution in [-0.2, 0) is 11.3 Å². The number of aliphatic hydroxyl groups excluding tert-OH is 1. The average Bonchev–Trinajstić information content (AvgIpc) is 3.35. The highest BCUT2D eigenvalue weighted by atomic mass is 16.5. The lowest BCUT2D eigenvalue weighted by Crippen LogP contribution is -2.49. The van der Waals surface area contributed by atoms with E-state index in [4.69, 9.17) is 14.8 Å². The third-order valence-corrected chi connectivity index (χ3v) is 6.05. The molecule has 3 heterocycles.